The maximum Gasteiger partial charge on any atom is 0.317 e. The molecule has 0 saturated carbocycles. The summed E-state index contributed by atoms with van der Waals surface area (Å²) in [6, 6.07) is 8.35. The lowest BCUT2D eigenvalue weighted by molar-refractivity contribution is -0.176. The molecule has 0 aliphatic heterocycles. The Morgan fingerprint density at radius 1 is 1.00 bits per heavy atom. The SMILES string of the molecule is CC(F)(F)COC(=O)C(C)(CO)COC(=O)C(C)(C)CC(Br)c1ccc([Si](C)(C)C)cc1. The summed E-state index contributed by atoms with van der Waals surface area (Å²) in [4.78, 5) is 24.8. The van der Waals surface area contributed by atoms with Crippen LogP contribution in [-0.4, -0.2) is 50.9 Å². The van der Waals surface area contributed by atoms with Crippen molar-refractivity contribution in [2.75, 3.05) is 19.8 Å². The van der Waals surface area contributed by atoms with E-state index in [-0.39, 0.29) is 4.83 Å². The molecule has 1 N–H and O–H groups in total. The second-order valence-corrected chi connectivity index (χ2v) is 16.6. The second-order valence-electron chi connectivity index (χ2n) is 10.4. The van der Waals surface area contributed by atoms with Crippen molar-refractivity contribution < 1.29 is 33.0 Å². The standard InChI is InChI=1S/C23H35BrF2O5Si/c1-21(2,12-18(24)16-8-10-17(11-9-16)32(5,6)7)19(28)30-14-22(3,13-27)20(29)31-15-23(4,25)26/h8-11,18,27H,12-15H2,1-7H3. The molecule has 0 heterocycles. The summed E-state index contributed by atoms with van der Waals surface area (Å²) in [6.07, 6.45) is 0.431. The Bertz CT molecular complexity index is 787. The van der Waals surface area contributed by atoms with Crippen molar-refractivity contribution in [2.24, 2.45) is 10.8 Å². The Balaban J connectivity index is 2.76. The highest BCUT2D eigenvalue weighted by Gasteiger charge is 2.40. The summed E-state index contributed by atoms with van der Waals surface area (Å²) < 4.78 is 35.8. The van der Waals surface area contributed by atoms with Gasteiger partial charge in [-0.3, -0.25) is 9.59 Å². The largest absolute Gasteiger partial charge is 0.464 e. The average molecular weight is 538 g/mol. The molecule has 0 aromatic heterocycles. The number of aliphatic hydroxyl groups excluding tert-OH is 1. The van der Waals surface area contributed by atoms with Gasteiger partial charge in [-0.15, -0.1) is 0 Å². The molecule has 0 fully saturated rings. The van der Waals surface area contributed by atoms with Gasteiger partial charge in [-0.25, -0.2) is 8.78 Å². The molecule has 0 spiro atoms. The summed E-state index contributed by atoms with van der Waals surface area (Å²) in [5.74, 6) is -4.80. The van der Waals surface area contributed by atoms with Crippen molar-refractivity contribution in [3.05, 3.63) is 29.8 Å². The van der Waals surface area contributed by atoms with Crippen LogP contribution in [0.4, 0.5) is 8.78 Å². The quantitative estimate of drug-likeness (QED) is 0.249. The van der Waals surface area contributed by atoms with Crippen LogP contribution in [0.3, 0.4) is 0 Å². The van der Waals surface area contributed by atoms with Crippen LogP contribution >= 0.6 is 15.9 Å². The minimum Gasteiger partial charge on any atom is -0.464 e. The van der Waals surface area contributed by atoms with E-state index in [0.717, 1.165) is 5.56 Å². The number of halogens is 3. The van der Waals surface area contributed by atoms with E-state index in [2.05, 4.69) is 64.6 Å². The lowest BCUT2D eigenvalue weighted by Crippen LogP contribution is -2.41. The summed E-state index contributed by atoms with van der Waals surface area (Å²) >= 11 is 3.65. The Hall–Kier alpha value is -1.32. The molecule has 2 atom stereocenters. The first-order valence-electron chi connectivity index (χ1n) is 10.5. The van der Waals surface area contributed by atoms with Gasteiger partial charge in [-0.05, 0) is 32.8 Å². The molecule has 32 heavy (non-hydrogen) atoms. The average Bonchev–Trinajstić information content (AvgIpc) is 2.68. The van der Waals surface area contributed by atoms with Crippen LogP contribution in [0.1, 0.15) is 44.5 Å². The number of alkyl halides is 3. The molecule has 0 radical (unpaired) electrons. The molecule has 0 aliphatic carbocycles. The van der Waals surface area contributed by atoms with Gasteiger partial charge < -0.3 is 14.6 Å². The minimum atomic E-state index is -3.19. The highest BCUT2D eigenvalue weighted by Crippen LogP contribution is 2.37. The maximum atomic E-state index is 13.0. The number of rotatable bonds is 11. The third-order valence-corrected chi connectivity index (χ3v) is 8.12. The number of aliphatic hydroxyl groups is 1. The van der Waals surface area contributed by atoms with Crippen LogP contribution in [0, 0.1) is 10.8 Å². The van der Waals surface area contributed by atoms with Gasteiger partial charge in [0.2, 0.25) is 0 Å². The van der Waals surface area contributed by atoms with Crippen LogP contribution in [0.25, 0.3) is 0 Å². The first-order chi connectivity index (χ1) is 14.4. The van der Waals surface area contributed by atoms with Gasteiger partial charge in [-0.2, -0.15) is 0 Å². The van der Waals surface area contributed by atoms with E-state index in [9.17, 15) is 23.5 Å². The number of hydrogen-bond acceptors (Lipinski definition) is 5. The molecule has 182 valence electrons. The highest BCUT2D eigenvalue weighted by atomic mass is 79.9. The molecular formula is C23H35BrF2O5Si. The van der Waals surface area contributed by atoms with E-state index in [1.807, 2.05) is 0 Å². The van der Waals surface area contributed by atoms with Crippen molar-refractivity contribution in [2.45, 2.75) is 64.5 Å². The Morgan fingerprint density at radius 3 is 1.94 bits per heavy atom. The van der Waals surface area contributed by atoms with Crippen LogP contribution in [-0.2, 0) is 19.1 Å². The third-order valence-electron chi connectivity index (χ3n) is 5.20. The zero-order valence-electron chi connectivity index (χ0n) is 19.9. The van der Waals surface area contributed by atoms with Crippen molar-refractivity contribution in [1.82, 2.24) is 0 Å². The predicted molar refractivity (Wildman–Crippen MR) is 127 cm³/mol. The first kappa shape index (κ1) is 28.7. The Labute approximate surface area is 199 Å². The van der Waals surface area contributed by atoms with E-state index in [1.54, 1.807) is 13.8 Å². The summed E-state index contributed by atoms with van der Waals surface area (Å²) in [7, 11) is -1.40. The summed E-state index contributed by atoms with van der Waals surface area (Å²) in [5.41, 5.74) is -1.49. The molecule has 5 nitrogen and oxygen atoms in total. The third kappa shape index (κ3) is 8.55. The van der Waals surface area contributed by atoms with Crippen molar-refractivity contribution in [1.29, 1.82) is 0 Å². The molecular weight excluding hydrogens is 502 g/mol. The van der Waals surface area contributed by atoms with E-state index in [1.165, 1.54) is 12.1 Å². The van der Waals surface area contributed by atoms with Crippen LogP contribution < -0.4 is 5.19 Å². The summed E-state index contributed by atoms with van der Waals surface area (Å²) in [6.45, 7) is 9.91. The van der Waals surface area contributed by atoms with Gasteiger partial charge in [0.05, 0.1) is 20.1 Å². The number of esters is 2. The van der Waals surface area contributed by atoms with Gasteiger partial charge in [0.15, 0.2) is 6.61 Å². The number of ether oxygens (including phenoxy) is 2. The van der Waals surface area contributed by atoms with Crippen molar-refractivity contribution in [3.63, 3.8) is 0 Å². The van der Waals surface area contributed by atoms with Crippen LogP contribution in [0.2, 0.25) is 19.6 Å². The number of benzene rings is 1. The molecule has 1 rings (SSSR count). The molecule has 0 saturated heterocycles. The fourth-order valence-electron chi connectivity index (χ4n) is 2.80. The van der Waals surface area contributed by atoms with Gasteiger partial charge in [-0.1, -0.05) is 65.0 Å². The molecule has 0 bridgehead atoms. The molecule has 1 aromatic rings. The second kappa shape index (κ2) is 10.7. The van der Waals surface area contributed by atoms with Crippen LogP contribution in [0.15, 0.2) is 24.3 Å². The smallest absolute Gasteiger partial charge is 0.317 e. The Morgan fingerprint density at radius 2 is 1.50 bits per heavy atom. The molecule has 1 aromatic carbocycles. The number of hydrogen-bond donors (Lipinski definition) is 1. The summed E-state index contributed by atoms with van der Waals surface area (Å²) in [5, 5.41) is 10.9. The predicted octanol–water partition coefficient (Wildman–Crippen LogP) is 4.82. The van der Waals surface area contributed by atoms with Crippen molar-refractivity contribution in [3.8, 4) is 0 Å². The van der Waals surface area contributed by atoms with Gasteiger partial charge in [0.1, 0.15) is 12.0 Å². The Kier molecular flexibility index (Phi) is 9.63. The molecule has 9 heteroatoms. The van der Waals surface area contributed by atoms with E-state index < -0.39 is 56.6 Å². The van der Waals surface area contributed by atoms with Crippen molar-refractivity contribution >= 4 is 41.1 Å². The first-order valence-corrected chi connectivity index (χ1v) is 14.9. The van der Waals surface area contributed by atoms with Gasteiger partial charge in [0, 0.05) is 11.8 Å². The molecule has 0 amide bonds. The fraction of sp³-hybridized carbons (Fsp3) is 0.652. The maximum absolute atomic E-state index is 13.0. The number of carbonyl (C=O) groups excluding carboxylic acids is 2. The zero-order chi connectivity index (χ0) is 25.0. The van der Waals surface area contributed by atoms with E-state index in [4.69, 9.17) is 4.74 Å². The highest BCUT2D eigenvalue weighted by molar-refractivity contribution is 9.09. The minimum absolute atomic E-state index is 0.0956. The fourth-order valence-corrected chi connectivity index (χ4v) is 5.08. The molecule has 2 unspecified atom stereocenters. The topological polar surface area (TPSA) is 72.8 Å². The number of carbonyl (C=O) groups is 2. The van der Waals surface area contributed by atoms with E-state index in [0.29, 0.717) is 13.3 Å². The normalized spacial score (nSPS) is 15.6. The van der Waals surface area contributed by atoms with Gasteiger partial charge >= 0.3 is 11.9 Å². The van der Waals surface area contributed by atoms with Crippen LogP contribution in [0.5, 0.6) is 0 Å². The molecule has 0 aliphatic rings. The zero-order valence-corrected chi connectivity index (χ0v) is 22.5. The van der Waals surface area contributed by atoms with Gasteiger partial charge in [0.25, 0.3) is 5.92 Å². The lowest BCUT2D eigenvalue weighted by Gasteiger charge is -2.29. The van der Waals surface area contributed by atoms with E-state index >= 15 is 0 Å². The monoisotopic (exact) mass is 536 g/mol. The lowest BCUT2D eigenvalue weighted by atomic mass is 9.86.